The SMILES string of the molecule is CCCCCC(/C=C/CC(C)(C(=O)OCC)C(=O)OCC)[Si](C)(C)C. The van der Waals surface area contributed by atoms with Gasteiger partial charge in [0.05, 0.1) is 21.3 Å². The van der Waals surface area contributed by atoms with E-state index in [9.17, 15) is 9.59 Å². The lowest BCUT2D eigenvalue weighted by atomic mass is 9.86. The van der Waals surface area contributed by atoms with Crippen LogP contribution >= 0.6 is 0 Å². The first-order valence-corrected chi connectivity index (χ1v) is 13.2. The van der Waals surface area contributed by atoms with Gasteiger partial charge in [-0.1, -0.05) is 58.0 Å². The number of ether oxygens (including phenoxy) is 2. The maximum absolute atomic E-state index is 12.3. The summed E-state index contributed by atoms with van der Waals surface area (Å²) < 4.78 is 10.2. The summed E-state index contributed by atoms with van der Waals surface area (Å²) >= 11 is 0. The molecule has 0 spiro atoms. The molecule has 0 aliphatic rings. The molecule has 0 saturated heterocycles. The summed E-state index contributed by atoms with van der Waals surface area (Å²) in [5, 5.41) is 0. The average molecular weight is 371 g/mol. The summed E-state index contributed by atoms with van der Waals surface area (Å²) in [5.41, 5.74) is -0.719. The topological polar surface area (TPSA) is 52.6 Å². The molecule has 0 rings (SSSR count). The fourth-order valence-electron chi connectivity index (χ4n) is 2.73. The van der Waals surface area contributed by atoms with E-state index in [0.717, 1.165) is 0 Å². The maximum Gasteiger partial charge on any atom is 0.323 e. The van der Waals surface area contributed by atoms with Gasteiger partial charge in [-0.25, -0.2) is 0 Å². The third-order valence-corrected chi connectivity index (χ3v) is 7.28. The maximum atomic E-state index is 12.3. The van der Waals surface area contributed by atoms with Crippen LogP contribution in [0, 0.1) is 5.41 Å². The van der Waals surface area contributed by atoms with E-state index in [0.29, 0.717) is 12.0 Å². The molecule has 0 fully saturated rings. The Balaban J connectivity index is 5.17. The molecule has 25 heavy (non-hydrogen) atoms. The van der Waals surface area contributed by atoms with Gasteiger partial charge in [0, 0.05) is 0 Å². The number of allylic oxidation sites excluding steroid dienone is 2. The van der Waals surface area contributed by atoms with Crippen molar-refractivity contribution in [3.8, 4) is 0 Å². The average Bonchev–Trinajstić information content (AvgIpc) is 2.52. The second-order valence-electron chi connectivity index (χ2n) is 7.87. The van der Waals surface area contributed by atoms with Gasteiger partial charge >= 0.3 is 11.9 Å². The van der Waals surface area contributed by atoms with Crippen molar-refractivity contribution in [2.45, 2.75) is 85.0 Å². The van der Waals surface area contributed by atoms with Crippen molar-refractivity contribution in [2.24, 2.45) is 5.41 Å². The largest absolute Gasteiger partial charge is 0.465 e. The molecule has 0 bridgehead atoms. The molecule has 0 heterocycles. The number of carbonyl (C=O) groups excluding carboxylic acids is 2. The van der Waals surface area contributed by atoms with Crippen LogP contribution in [-0.4, -0.2) is 33.2 Å². The van der Waals surface area contributed by atoms with Gasteiger partial charge in [0.1, 0.15) is 0 Å². The quantitative estimate of drug-likeness (QED) is 0.153. The second kappa shape index (κ2) is 11.5. The summed E-state index contributed by atoms with van der Waals surface area (Å²) in [4.78, 5) is 24.6. The van der Waals surface area contributed by atoms with Gasteiger partial charge in [0.25, 0.3) is 0 Å². The molecule has 4 nitrogen and oxygen atoms in total. The van der Waals surface area contributed by atoms with Crippen molar-refractivity contribution in [3.63, 3.8) is 0 Å². The lowest BCUT2D eigenvalue weighted by Gasteiger charge is -2.27. The van der Waals surface area contributed by atoms with Crippen molar-refractivity contribution in [3.05, 3.63) is 12.2 Å². The molecule has 0 N–H and O–H groups in total. The molecule has 1 unspecified atom stereocenters. The van der Waals surface area contributed by atoms with Crippen LogP contribution in [-0.2, 0) is 19.1 Å². The van der Waals surface area contributed by atoms with Gasteiger partial charge < -0.3 is 9.47 Å². The molecule has 0 aromatic heterocycles. The van der Waals surface area contributed by atoms with Gasteiger partial charge in [0.2, 0.25) is 0 Å². The molecule has 0 aliphatic carbocycles. The summed E-state index contributed by atoms with van der Waals surface area (Å²) in [5.74, 6) is -1.01. The Morgan fingerprint density at radius 3 is 1.92 bits per heavy atom. The molecule has 146 valence electrons. The Hall–Kier alpha value is -1.10. The predicted molar refractivity (Wildman–Crippen MR) is 106 cm³/mol. The van der Waals surface area contributed by atoms with Crippen molar-refractivity contribution >= 4 is 20.0 Å². The minimum absolute atomic E-state index is 0.256. The number of carbonyl (C=O) groups is 2. The second-order valence-corrected chi connectivity index (χ2v) is 13.3. The molecule has 5 heteroatoms. The van der Waals surface area contributed by atoms with Crippen LogP contribution in [0.5, 0.6) is 0 Å². The Morgan fingerprint density at radius 1 is 1.00 bits per heavy atom. The first kappa shape index (κ1) is 23.9. The van der Waals surface area contributed by atoms with Crippen LogP contribution in [0.2, 0.25) is 25.2 Å². The van der Waals surface area contributed by atoms with E-state index in [2.05, 4.69) is 32.6 Å². The first-order valence-electron chi connectivity index (χ1n) is 9.64. The Morgan fingerprint density at radius 2 is 1.52 bits per heavy atom. The minimum Gasteiger partial charge on any atom is -0.465 e. The highest BCUT2D eigenvalue weighted by Gasteiger charge is 2.43. The van der Waals surface area contributed by atoms with Gasteiger partial charge in [-0.3, -0.25) is 9.59 Å². The van der Waals surface area contributed by atoms with Crippen molar-refractivity contribution in [2.75, 3.05) is 13.2 Å². The van der Waals surface area contributed by atoms with E-state index in [1.54, 1.807) is 20.8 Å². The normalized spacial score (nSPS) is 13.7. The zero-order valence-corrected chi connectivity index (χ0v) is 18.3. The Kier molecular flexibility index (Phi) is 11.0. The van der Waals surface area contributed by atoms with Gasteiger partial charge in [-0.2, -0.15) is 0 Å². The van der Waals surface area contributed by atoms with Crippen molar-refractivity contribution in [1.29, 1.82) is 0 Å². The third kappa shape index (κ3) is 8.21. The zero-order chi connectivity index (χ0) is 19.5. The summed E-state index contributed by atoms with van der Waals surface area (Å²) in [7, 11) is -1.34. The van der Waals surface area contributed by atoms with Gasteiger partial charge in [-0.15, -0.1) is 0 Å². The standard InChI is InChI=1S/C20H38O4Si/c1-8-11-12-14-17(25(5,6)7)15-13-16-20(4,18(21)23-9-2)19(22)24-10-3/h13,15,17H,8-12,14,16H2,1-7H3/b15-13+. The van der Waals surface area contributed by atoms with E-state index in [-0.39, 0.29) is 13.2 Å². The summed E-state index contributed by atoms with van der Waals surface area (Å²) in [6.45, 7) is 14.9. The molecular weight excluding hydrogens is 332 g/mol. The van der Waals surface area contributed by atoms with E-state index >= 15 is 0 Å². The molecule has 0 aliphatic heterocycles. The van der Waals surface area contributed by atoms with Gasteiger partial charge in [-0.05, 0) is 39.2 Å². The highest BCUT2D eigenvalue weighted by atomic mass is 28.3. The highest BCUT2D eigenvalue weighted by Crippen LogP contribution is 2.32. The van der Waals surface area contributed by atoms with Crippen LogP contribution in [0.3, 0.4) is 0 Å². The Bertz CT molecular complexity index is 419. The van der Waals surface area contributed by atoms with E-state index in [4.69, 9.17) is 9.47 Å². The molecule has 0 aromatic carbocycles. The lowest BCUT2D eigenvalue weighted by molar-refractivity contribution is -0.170. The fourth-order valence-corrected chi connectivity index (χ4v) is 4.51. The monoisotopic (exact) mass is 370 g/mol. The predicted octanol–water partition coefficient (Wildman–Crippen LogP) is 5.35. The van der Waals surface area contributed by atoms with E-state index < -0.39 is 25.4 Å². The number of hydrogen-bond acceptors (Lipinski definition) is 4. The number of unbranched alkanes of at least 4 members (excludes halogenated alkanes) is 2. The van der Waals surface area contributed by atoms with E-state index in [1.165, 1.54) is 25.7 Å². The van der Waals surface area contributed by atoms with Crippen LogP contribution in [0.1, 0.15) is 59.8 Å². The zero-order valence-electron chi connectivity index (χ0n) is 17.3. The van der Waals surface area contributed by atoms with Crippen LogP contribution in [0.25, 0.3) is 0 Å². The fraction of sp³-hybridized carbons (Fsp3) is 0.800. The van der Waals surface area contributed by atoms with Crippen molar-refractivity contribution < 1.29 is 19.1 Å². The molecule has 1 atom stereocenters. The lowest BCUT2D eigenvalue weighted by Crippen LogP contribution is -2.39. The summed E-state index contributed by atoms with van der Waals surface area (Å²) in [6, 6.07) is 0. The van der Waals surface area contributed by atoms with Gasteiger partial charge in [0.15, 0.2) is 5.41 Å². The first-order chi connectivity index (χ1) is 11.6. The molecule has 0 aromatic rings. The smallest absolute Gasteiger partial charge is 0.323 e. The van der Waals surface area contributed by atoms with Crippen molar-refractivity contribution in [1.82, 2.24) is 0 Å². The third-order valence-electron chi connectivity index (χ3n) is 4.58. The van der Waals surface area contributed by atoms with E-state index in [1.807, 2.05) is 6.08 Å². The van der Waals surface area contributed by atoms with Crippen LogP contribution < -0.4 is 0 Å². The molecule has 0 saturated carbocycles. The molecule has 0 amide bonds. The summed E-state index contributed by atoms with van der Waals surface area (Å²) in [6.07, 6.45) is 9.39. The van der Waals surface area contributed by atoms with Crippen LogP contribution in [0.15, 0.2) is 12.2 Å². The highest BCUT2D eigenvalue weighted by molar-refractivity contribution is 6.78. The number of hydrogen-bond donors (Lipinski definition) is 0. The number of rotatable bonds is 12. The minimum atomic E-state index is -1.34. The molecular formula is C20H38O4Si. The van der Waals surface area contributed by atoms with Crippen LogP contribution in [0.4, 0.5) is 0 Å². The molecule has 0 radical (unpaired) electrons. The number of esters is 2. The Labute approximate surface area is 155 Å².